The number of ether oxygens (including phenoxy) is 1. The summed E-state index contributed by atoms with van der Waals surface area (Å²) in [7, 11) is 0. The molecule has 1 aromatic heterocycles. The van der Waals surface area contributed by atoms with Crippen LogP contribution in [-0.4, -0.2) is 21.0 Å². The third-order valence-electron chi connectivity index (χ3n) is 2.50. The third kappa shape index (κ3) is 3.90. The molecule has 0 saturated heterocycles. The van der Waals surface area contributed by atoms with E-state index >= 15 is 0 Å². The number of hydrogen-bond donors (Lipinski definition) is 1. The van der Waals surface area contributed by atoms with Crippen LogP contribution in [0.15, 0.2) is 36.5 Å². The predicted molar refractivity (Wildman–Crippen MR) is 73.8 cm³/mol. The van der Waals surface area contributed by atoms with E-state index in [9.17, 15) is 14.9 Å². The van der Waals surface area contributed by atoms with E-state index in [0.29, 0.717) is 11.3 Å². The van der Waals surface area contributed by atoms with Crippen molar-refractivity contribution < 1.29 is 19.6 Å². The van der Waals surface area contributed by atoms with E-state index in [-0.39, 0.29) is 23.0 Å². The van der Waals surface area contributed by atoms with Crippen LogP contribution >= 0.6 is 11.6 Å². The summed E-state index contributed by atoms with van der Waals surface area (Å²) in [5, 5.41) is 19.2. The van der Waals surface area contributed by atoms with E-state index in [1.807, 2.05) is 0 Å². The number of nitro groups is 1. The van der Waals surface area contributed by atoms with Crippen LogP contribution in [0.3, 0.4) is 0 Å². The van der Waals surface area contributed by atoms with Crippen LogP contribution in [0.2, 0.25) is 5.02 Å². The van der Waals surface area contributed by atoms with Gasteiger partial charge in [-0.25, -0.2) is 4.98 Å². The van der Waals surface area contributed by atoms with Crippen molar-refractivity contribution in [1.29, 1.82) is 0 Å². The Kier molecular flexibility index (Phi) is 4.34. The third-order valence-corrected chi connectivity index (χ3v) is 2.77. The summed E-state index contributed by atoms with van der Waals surface area (Å²) in [6.07, 6.45) is 0.955. The molecule has 1 heterocycles. The lowest BCUT2D eigenvalue weighted by Crippen LogP contribution is -1.99. The summed E-state index contributed by atoms with van der Waals surface area (Å²) in [5.74, 6) is -0.496. The Hall–Kier alpha value is -2.67. The topological polar surface area (TPSA) is 103 Å². The highest BCUT2D eigenvalue weighted by molar-refractivity contribution is 6.32. The van der Waals surface area contributed by atoms with Gasteiger partial charge in [-0.1, -0.05) is 23.7 Å². The van der Waals surface area contributed by atoms with Gasteiger partial charge < -0.3 is 9.84 Å². The minimum Gasteiger partial charge on any atom is -0.481 e. The quantitative estimate of drug-likeness (QED) is 0.672. The van der Waals surface area contributed by atoms with E-state index in [1.165, 1.54) is 0 Å². The number of carboxylic acid groups (broad SMARTS) is 1. The Morgan fingerprint density at radius 2 is 2.05 bits per heavy atom. The molecule has 2 rings (SSSR count). The molecule has 8 heteroatoms. The van der Waals surface area contributed by atoms with Gasteiger partial charge in [0.25, 0.3) is 5.69 Å². The number of carbonyl (C=O) groups is 1. The molecule has 0 unspecified atom stereocenters. The zero-order valence-electron chi connectivity index (χ0n) is 10.5. The molecule has 0 aliphatic heterocycles. The summed E-state index contributed by atoms with van der Waals surface area (Å²) >= 11 is 5.85. The van der Waals surface area contributed by atoms with Gasteiger partial charge in [0.2, 0.25) is 5.88 Å². The Bertz CT molecular complexity index is 687. The molecule has 0 spiro atoms. The first kappa shape index (κ1) is 14.7. The van der Waals surface area contributed by atoms with Crippen molar-refractivity contribution in [2.75, 3.05) is 0 Å². The van der Waals surface area contributed by atoms with Crippen molar-refractivity contribution >= 4 is 23.3 Å². The largest absolute Gasteiger partial charge is 0.481 e. The number of benzene rings is 1. The molecule has 21 heavy (non-hydrogen) atoms. The average Bonchev–Trinajstić information content (AvgIpc) is 2.42. The Morgan fingerprint density at radius 3 is 2.57 bits per heavy atom. The lowest BCUT2D eigenvalue weighted by atomic mass is 10.1. The molecule has 0 saturated carbocycles. The van der Waals surface area contributed by atoms with Gasteiger partial charge >= 0.3 is 5.97 Å². The first-order chi connectivity index (χ1) is 9.95. The Balaban J connectivity index is 2.14. The summed E-state index contributed by atoms with van der Waals surface area (Å²) < 4.78 is 5.39. The number of nitrogens with zero attached hydrogens (tertiary/aromatic N) is 2. The zero-order valence-corrected chi connectivity index (χ0v) is 11.3. The molecule has 0 aliphatic carbocycles. The second-order valence-electron chi connectivity index (χ2n) is 4.05. The van der Waals surface area contributed by atoms with E-state index < -0.39 is 10.9 Å². The zero-order chi connectivity index (χ0) is 15.4. The standard InChI is InChI=1S/C13H9ClN2O5/c14-11-6-9(16(19)20)7-15-13(11)21-10-3-1-8(2-4-10)5-12(17)18/h1-4,6-7H,5H2,(H,17,18). The molecule has 0 amide bonds. The molecule has 7 nitrogen and oxygen atoms in total. The van der Waals surface area contributed by atoms with Crippen LogP contribution in [0, 0.1) is 10.1 Å². The molecule has 1 aromatic carbocycles. The van der Waals surface area contributed by atoms with Gasteiger partial charge in [0, 0.05) is 6.07 Å². The van der Waals surface area contributed by atoms with E-state index in [2.05, 4.69) is 4.98 Å². The van der Waals surface area contributed by atoms with Crippen LogP contribution < -0.4 is 4.74 Å². The van der Waals surface area contributed by atoms with Crippen LogP contribution in [0.4, 0.5) is 5.69 Å². The molecule has 0 fully saturated rings. The second kappa shape index (κ2) is 6.19. The number of rotatable bonds is 5. The summed E-state index contributed by atoms with van der Waals surface area (Å²) in [5.41, 5.74) is 0.391. The normalized spacial score (nSPS) is 10.1. The summed E-state index contributed by atoms with van der Waals surface area (Å²) in [6.45, 7) is 0. The van der Waals surface area contributed by atoms with Crippen molar-refractivity contribution in [1.82, 2.24) is 4.98 Å². The highest BCUT2D eigenvalue weighted by atomic mass is 35.5. The number of halogens is 1. The molecule has 0 radical (unpaired) electrons. The minimum absolute atomic E-state index is 0.0128. The monoisotopic (exact) mass is 308 g/mol. The number of aliphatic carboxylic acids is 1. The average molecular weight is 309 g/mol. The summed E-state index contributed by atoms with van der Waals surface area (Å²) in [6, 6.07) is 7.48. The van der Waals surface area contributed by atoms with Crippen molar-refractivity contribution in [3.8, 4) is 11.6 Å². The van der Waals surface area contributed by atoms with E-state index in [4.69, 9.17) is 21.4 Å². The number of carboxylic acids is 1. The highest BCUT2D eigenvalue weighted by Crippen LogP contribution is 2.29. The fourth-order valence-electron chi connectivity index (χ4n) is 1.55. The van der Waals surface area contributed by atoms with Gasteiger partial charge in [-0.3, -0.25) is 14.9 Å². The van der Waals surface area contributed by atoms with Gasteiger partial charge in [-0.05, 0) is 17.7 Å². The van der Waals surface area contributed by atoms with E-state index in [0.717, 1.165) is 12.3 Å². The second-order valence-corrected chi connectivity index (χ2v) is 4.46. The molecule has 0 aliphatic rings. The number of aromatic nitrogens is 1. The molecule has 108 valence electrons. The Labute approximate surface area is 123 Å². The van der Waals surface area contributed by atoms with Crippen molar-refractivity contribution in [3.05, 3.63) is 57.2 Å². The van der Waals surface area contributed by atoms with Crippen LogP contribution in [0.25, 0.3) is 0 Å². The minimum atomic E-state index is -0.927. The van der Waals surface area contributed by atoms with Crippen LogP contribution in [-0.2, 0) is 11.2 Å². The Morgan fingerprint density at radius 1 is 1.38 bits per heavy atom. The van der Waals surface area contributed by atoms with Crippen molar-refractivity contribution in [2.45, 2.75) is 6.42 Å². The van der Waals surface area contributed by atoms with Gasteiger partial charge in [0.15, 0.2) is 0 Å². The smallest absolute Gasteiger partial charge is 0.307 e. The van der Waals surface area contributed by atoms with Crippen LogP contribution in [0.5, 0.6) is 11.6 Å². The fraction of sp³-hybridized carbons (Fsp3) is 0.0769. The first-order valence-corrected chi connectivity index (χ1v) is 6.12. The molecular formula is C13H9ClN2O5. The lowest BCUT2D eigenvalue weighted by molar-refractivity contribution is -0.385. The van der Waals surface area contributed by atoms with Gasteiger partial charge in [0.1, 0.15) is 17.0 Å². The maximum atomic E-state index is 10.6. The fourth-order valence-corrected chi connectivity index (χ4v) is 1.75. The maximum Gasteiger partial charge on any atom is 0.307 e. The molecule has 0 atom stereocenters. The lowest BCUT2D eigenvalue weighted by Gasteiger charge is -2.06. The van der Waals surface area contributed by atoms with Crippen molar-refractivity contribution in [2.24, 2.45) is 0 Å². The van der Waals surface area contributed by atoms with Crippen molar-refractivity contribution in [3.63, 3.8) is 0 Å². The van der Waals surface area contributed by atoms with Crippen LogP contribution in [0.1, 0.15) is 5.56 Å². The van der Waals surface area contributed by atoms with Gasteiger partial charge in [-0.15, -0.1) is 0 Å². The van der Waals surface area contributed by atoms with Gasteiger partial charge in [-0.2, -0.15) is 0 Å². The highest BCUT2D eigenvalue weighted by Gasteiger charge is 2.12. The SMILES string of the molecule is O=C(O)Cc1ccc(Oc2ncc([N+](=O)[O-])cc2Cl)cc1. The van der Waals surface area contributed by atoms with E-state index in [1.54, 1.807) is 24.3 Å². The molecule has 1 N–H and O–H groups in total. The molecule has 2 aromatic rings. The number of pyridine rings is 1. The maximum absolute atomic E-state index is 10.6. The predicted octanol–water partition coefficient (Wildman–Crippen LogP) is 3.06. The number of hydrogen-bond acceptors (Lipinski definition) is 5. The summed E-state index contributed by atoms with van der Waals surface area (Å²) in [4.78, 5) is 24.3. The van der Waals surface area contributed by atoms with Gasteiger partial charge in [0.05, 0.1) is 11.3 Å². The molecular weight excluding hydrogens is 300 g/mol. The molecule has 0 bridgehead atoms. The first-order valence-electron chi connectivity index (χ1n) is 5.74.